The molecule has 0 unspecified atom stereocenters. The van der Waals surface area contributed by atoms with Crippen LogP contribution in [-0.4, -0.2) is 18.6 Å². The summed E-state index contributed by atoms with van der Waals surface area (Å²) in [4.78, 5) is 0. The van der Waals surface area contributed by atoms with Crippen molar-refractivity contribution in [3.63, 3.8) is 0 Å². The van der Waals surface area contributed by atoms with E-state index in [1.54, 1.807) is 12.1 Å². The Balaban J connectivity index is 2.49. The number of anilines is 2. The van der Waals surface area contributed by atoms with Crippen molar-refractivity contribution in [3.8, 4) is 6.07 Å². The molecule has 0 radical (unpaired) electrons. The van der Waals surface area contributed by atoms with Crippen molar-refractivity contribution in [1.82, 2.24) is 0 Å². The summed E-state index contributed by atoms with van der Waals surface area (Å²) in [5.74, 6) is 1.15. The van der Waals surface area contributed by atoms with E-state index in [4.69, 9.17) is 11.0 Å². The Morgan fingerprint density at radius 1 is 1.53 bits per heavy atom. The van der Waals surface area contributed by atoms with Gasteiger partial charge in [-0.25, -0.2) is 0 Å². The SMILES string of the molecule is CSCCCNc1ccc(C#N)c(N)c1. The molecule has 0 saturated carbocycles. The molecule has 3 N–H and O–H groups in total. The monoisotopic (exact) mass is 221 g/mol. The van der Waals surface area contributed by atoms with Crippen LogP contribution in [0, 0.1) is 11.3 Å². The van der Waals surface area contributed by atoms with E-state index < -0.39 is 0 Å². The van der Waals surface area contributed by atoms with Gasteiger partial charge in [-0.05, 0) is 36.6 Å². The van der Waals surface area contributed by atoms with Crippen LogP contribution in [0.2, 0.25) is 0 Å². The van der Waals surface area contributed by atoms with Gasteiger partial charge in [0.15, 0.2) is 0 Å². The number of benzene rings is 1. The predicted molar refractivity (Wildman–Crippen MR) is 67.1 cm³/mol. The van der Waals surface area contributed by atoms with Gasteiger partial charge in [0.25, 0.3) is 0 Å². The lowest BCUT2D eigenvalue weighted by Crippen LogP contribution is -2.03. The molecule has 80 valence electrons. The zero-order valence-corrected chi connectivity index (χ0v) is 9.60. The van der Waals surface area contributed by atoms with Crippen LogP contribution in [0.5, 0.6) is 0 Å². The Kier molecular flexibility index (Phi) is 4.85. The second-order valence-corrected chi connectivity index (χ2v) is 4.17. The predicted octanol–water partition coefficient (Wildman–Crippen LogP) is 2.31. The molecule has 0 bridgehead atoms. The van der Waals surface area contributed by atoms with Gasteiger partial charge in [-0.2, -0.15) is 17.0 Å². The highest BCUT2D eigenvalue weighted by Gasteiger charge is 1.98. The van der Waals surface area contributed by atoms with E-state index in [9.17, 15) is 0 Å². The fourth-order valence-corrected chi connectivity index (χ4v) is 1.66. The van der Waals surface area contributed by atoms with E-state index in [0.717, 1.165) is 24.4 Å². The quantitative estimate of drug-likeness (QED) is 0.591. The summed E-state index contributed by atoms with van der Waals surface area (Å²) in [6.45, 7) is 0.937. The molecular weight excluding hydrogens is 206 g/mol. The summed E-state index contributed by atoms with van der Waals surface area (Å²) in [5.41, 5.74) is 7.74. The second-order valence-electron chi connectivity index (χ2n) is 3.19. The van der Waals surface area contributed by atoms with Crippen LogP contribution in [0.4, 0.5) is 11.4 Å². The van der Waals surface area contributed by atoms with Gasteiger partial charge in [0.05, 0.1) is 11.3 Å². The maximum Gasteiger partial charge on any atom is 0.101 e. The highest BCUT2D eigenvalue weighted by atomic mass is 32.2. The standard InChI is InChI=1S/C11H15N3S/c1-15-6-2-5-14-10-4-3-9(8-12)11(13)7-10/h3-4,7,14H,2,5-6,13H2,1H3. The van der Waals surface area contributed by atoms with Crippen LogP contribution in [-0.2, 0) is 0 Å². The van der Waals surface area contributed by atoms with Crippen molar-refractivity contribution >= 4 is 23.1 Å². The first-order chi connectivity index (χ1) is 7.27. The molecule has 15 heavy (non-hydrogen) atoms. The Morgan fingerprint density at radius 2 is 2.33 bits per heavy atom. The molecule has 0 saturated heterocycles. The van der Waals surface area contributed by atoms with Crippen molar-refractivity contribution in [2.75, 3.05) is 29.6 Å². The third-order valence-corrected chi connectivity index (χ3v) is 2.72. The van der Waals surface area contributed by atoms with Gasteiger partial charge in [0.1, 0.15) is 6.07 Å². The van der Waals surface area contributed by atoms with Gasteiger partial charge < -0.3 is 11.1 Å². The number of hydrogen-bond acceptors (Lipinski definition) is 4. The lowest BCUT2D eigenvalue weighted by Gasteiger charge is -2.07. The first-order valence-electron chi connectivity index (χ1n) is 4.80. The highest BCUT2D eigenvalue weighted by Crippen LogP contribution is 2.16. The molecule has 0 spiro atoms. The Hall–Kier alpha value is -1.34. The molecule has 1 rings (SSSR count). The molecule has 0 aliphatic heterocycles. The van der Waals surface area contributed by atoms with Crippen LogP contribution < -0.4 is 11.1 Å². The topological polar surface area (TPSA) is 61.8 Å². The first-order valence-corrected chi connectivity index (χ1v) is 6.19. The zero-order chi connectivity index (χ0) is 11.1. The third-order valence-electron chi connectivity index (χ3n) is 2.03. The van der Waals surface area contributed by atoms with Crippen molar-refractivity contribution in [2.24, 2.45) is 0 Å². The molecule has 0 amide bonds. The van der Waals surface area contributed by atoms with Crippen molar-refractivity contribution in [1.29, 1.82) is 5.26 Å². The molecule has 3 nitrogen and oxygen atoms in total. The van der Waals surface area contributed by atoms with Crippen LogP contribution in [0.1, 0.15) is 12.0 Å². The number of nitrogen functional groups attached to an aromatic ring is 1. The summed E-state index contributed by atoms with van der Waals surface area (Å²) >= 11 is 1.84. The minimum absolute atomic E-state index is 0.532. The Labute approximate surface area is 94.7 Å². The van der Waals surface area contributed by atoms with Crippen LogP contribution in [0.25, 0.3) is 0 Å². The molecule has 0 atom stereocenters. The molecule has 4 heteroatoms. The fraction of sp³-hybridized carbons (Fsp3) is 0.364. The Bertz CT molecular complexity index is 357. The molecule has 1 aromatic rings. The second kappa shape index (κ2) is 6.20. The van der Waals surface area contributed by atoms with E-state index in [1.165, 1.54) is 0 Å². The maximum atomic E-state index is 8.70. The lowest BCUT2D eigenvalue weighted by atomic mass is 10.2. The van der Waals surface area contributed by atoms with Gasteiger partial charge in [0.2, 0.25) is 0 Å². The maximum absolute atomic E-state index is 8.70. The summed E-state index contributed by atoms with van der Waals surface area (Å²) < 4.78 is 0. The molecule has 0 fully saturated rings. The van der Waals surface area contributed by atoms with Crippen molar-refractivity contribution < 1.29 is 0 Å². The van der Waals surface area contributed by atoms with Crippen molar-refractivity contribution in [2.45, 2.75) is 6.42 Å². The van der Waals surface area contributed by atoms with Gasteiger partial charge in [0, 0.05) is 12.2 Å². The van der Waals surface area contributed by atoms with E-state index in [-0.39, 0.29) is 0 Å². The summed E-state index contributed by atoms with van der Waals surface area (Å²) in [6, 6.07) is 7.47. The van der Waals surface area contributed by atoms with Gasteiger partial charge in [-0.1, -0.05) is 0 Å². The zero-order valence-electron chi connectivity index (χ0n) is 8.79. The van der Waals surface area contributed by atoms with Gasteiger partial charge >= 0.3 is 0 Å². The van der Waals surface area contributed by atoms with Gasteiger partial charge in [-0.15, -0.1) is 0 Å². The third kappa shape index (κ3) is 3.72. The number of nitrogens with zero attached hydrogens (tertiary/aromatic N) is 1. The molecular formula is C11H15N3S. The fourth-order valence-electron chi connectivity index (χ4n) is 1.22. The number of nitrogens with one attached hydrogen (secondary N) is 1. The summed E-state index contributed by atoms with van der Waals surface area (Å²) in [7, 11) is 0. The van der Waals surface area contributed by atoms with E-state index >= 15 is 0 Å². The summed E-state index contributed by atoms with van der Waals surface area (Å²) in [6.07, 6.45) is 3.22. The van der Waals surface area contributed by atoms with Gasteiger partial charge in [-0.3, -0.25) is 0 Å². The number of thioether (sulfide) groups is 1. The largest absolute Gasteiger partial charge is 0.398 e. The molecule has 0 aromatic heterocycles. The number of nitrogens with two attached hydrogens (primary N) is 1. The smallest absolute Gasteiger partial charge is 0.101 e. The van der Waals surface area contributed by atoms with Crippen LogP contribution in [0.15, 0.2) is 18.2 Å². The number of hydrogen-bond donors (Lipinski definition) is 2. The Morgan fingerprint density at radius 3 is 2.93 bits per heavy atom. The first kappa shape index (κ1) is 11.7. The van der Waals surface area contributed by atoms with Crippen LogP contribution in [0.3, 0.4) is 0 Å². The number of nitriles is 1. The summed E-state index contributed by atoms with van der Waals surface area (Å²) in [5, 5.41) is 12.0. The normalized spacial score (nSPS) is 9.60. The minimum atomic E-state index is 0.532. The van der Waals surface area contributed by atoms with Crippen molar-refractivity contribution in [3.05, 3.63) is 23.8 Å². The van der Waals surface area contributed by atoms with E-state index in [1.807, 2.05) is 23.9 Å². The van der Waals surface area contributed by atoms with E-state index in [0.29, 0.717) is 11.3 Å². The average Bonchev–Trinajstić information content (AvgIpc) is 2.25. The molecule has 0 aliphatic rings. The molecule has 0 heterocycles. The lowest BCUT2D eigenvalue weighted by molar-refractivity contribution is 0.993. The minimum Gasteiger partial charge on any atom is -0.398 e. The highest BCUT2D eigenvalue weighted by molar-refractivity contribution is 7.98. The van der Waals surface area contributed by atoms with E-state index in [2.05, 4.69) is 11.6 Å². The van der Waals surface area contributed by atoms with Crippen LogP contribution >= 0.6 is 11.8 Å². The molecule has 1 aromatic carbocycles. The average molecular weight is 221 g/mol. The number of rotatable bonds is 5. The molecule has 0 aliphatic carbocycles.